The Labute approximate surface area is 171 Å². The number of nitrogens with one attached hydrogen (secondary N) is 1. The van der Waals surface area contributed by atoms with E-state index in [0.717, 1.165) is 42.8 Å². The number of anilines is 1. The summed E-state index contributed by atoms with van der Waals surface area (Å²) in [5.41, 5.74) is 3.67. The number of aliphatic hydroxyl groups excluding tert-OH is 1. The second-order valence-electron chi connectivity index (χ2n) is 7.42. The number of pyridine rings is 2. The average molecular weight is 403 g/mol. The van der Waals surface area contributed by atoms with Crippen molar-refractivity contribution in [3.05, 3.63) is 51.9 Å². The Morgan fingerprint density at radius 2 is 2.21 bits per heavy atom. The van der Waals surface area contributed by atoms with Gasteiger partial charge in [-0.25, -0.2) is 9.97 Å². The Hall–Kier alpha value is -2.18. The molecule has 0 radical (unpaired) electrons. The predicted molar refractivity (Wildman–Crippen MR) is 111 cm³/mol. The summed E-state index contributed by atoms with van der Waals surface area (Å²) in [4.78, 5) is 23.7. The molecule has 0 spiro atoms. The summed E-state index contributed by atoms with van der Waals surface area (Å²) in [6.07, 6.45) is 4.32. The fourth-order valence-electron chi connectivity index (χ4n) is 3.58. The highest BCUT2D eigenvalue weighted by Gasteiger charge is 2.25. The first-order chi connectivity index (χ1) is 13.4. The van der Waals surface area contributed by atoms with E-state index in [-0.39, 0.29) is 11.9 Å². The van der Waals surface area contributed by atoms with E-state index in [4.69, 9.17) is 11.6 Å². The van der Waals surface area contributed by atoms with Crippen LogP contribution in [0.15, 0.2) is 24.4 Å². The number of hydrogen-bond donors (Lipinski definition) is 2. The third-order valence-electron chi connectivity index (χ3n) is 5.17. The van der Waals surface area contributed by atoms with Gasteiger partial charge >= 0.3 is 0 Å². The number of hydrogen-bond acceptors (Lipinski definition) is 5. The highest BCUT2D eigenvalue weighted by Crippen LogP contribution is 2.30. The quantitative estimate of drug-likeness (QED) is 0.696. The Balaban J connectivity index is 1.90. The van der Waals surface area contributed by atoms with Crippen molar-refractivity contribution in [2.75, 3.05) is 18.5 Å². The first-order valence-corrected chi connectivity index (χ1v) is 10.1. The number of fused-ring (bicyclic) bond motifs is 1. The van der Waals surface area contributed by atoms with Crippen LogP contribution < -0.4 is 10.2 Å². The Morgan fingerprint density at radius 1 is 1.43 bits per heavy atom. The van der Waals surface area contributed by atoms with Gasteiger partial charge in [-0.2, -0.15) is 0 Å². The molecule has 0 aromatic carbocycles. The molecular weight excluding hydrogens is 376 g/mol. The van der Waals surface area contributed by atoms with Crippen LogP contribution in [0.25, 0.3) is 0 Å². The largest absolute Gasteiger partial charge is 0.391 e. The molecule has 2 atom stereocenters. The van der Waals surface area contributed by atoms with Gasteiger partial charge < -0.3 is 15.3 Å². The van der Waals surface area contributed by atoms with Crippen LogP contribution in [0.3, 0.4) is 0 Å². The van der Waals surface area contributed by atoms with E-state index in [9.17, 15) is 9.90 Å². The molecule has 2 aromatic rings. The van der Waals surface area contributed by atoms with Crippen molar-refractivity contribution in [2.45, 2.75) is 51.7 Å². The molecule has 6 nitrogen and oxygen atoms in total. The van der Waals surface area contributed by atoms with Crippen molar-refractivity contribution in [3.8, 4) is 0 Å². The summed E-state index contributed by atoms with van der Waals surface area (Å²) < 4.78 is 0. The van der Waals surface area contributed by atoms with Crippen molar-refractivity contribution in [2.24, 2.45) is 0 Å². The lowest BCUT2D eigenvalue weighted by atomic mass is 9.99. The van der Waals surface area contributed by atoms with Crippen molar-refractivity contribution < 1.29 is 9.90 Å². The average Bonchev–Trinajstić information content (AvgIpc) is 3.04. The fraction of sp³-hybridized carbons (Fsp3) is 0.476. The molecule has 7 heteroatoms. The van der Waals surface area contributed by atoms with Gasteiger partial charge in [0.2, 0.25) is 0 Å². The molecule has 1 amide bonds. The van der Waals surface area contributed by atoms with Gasteiger partial charge in [0.25, 0.3) is 5.91 Å². The molecule has 2 unspecified atom stereocenters. The number of carbonyl (C=O) groups excluding carboxylic acids is 1. The van der Waals surface area contributed by atoms with Crippen molar-refractivity contribution in [3.63, 3.8) is 0 Å². The predicted octanol–water partition coefficient (Wildman–Crippen LogP) is 2.99. The molecule has 3 heterocycles. The maximum absolute atomic E-state index is 12.9. The fourth-order valence-corrected chi connectivity index (χ4v) is 3.69. The van der Waals surface area contributed by atoms with Gasteiger partial charge in [-0.1, -0.05) is 31.0 Å². The van der Waals surface area contributed by atoms with Crippen LogP contribution in [-0.4, -0.2) is 46.7 Å². The van der Waals surface area contributed by atoms with Gasteiger partial charge in [0.05, 0.1) is 12.1 Å². The molecule has 2 aromatic heterocycles. The van der Waals surface area contributed by atoms with Gasteiger partial charge in [0, 0.05) is 25.4 Å². The SMILES string of the molecule is CCCC(NC(=O)c1cc(Cc2ccc(Cl)nc2)c2c(n1)N(C)CC2)C(C)O. The highest BCUT2D eigenvalue weighted by molar-refractivity contribution is 6.29. The molecule has 1 aliphatic heterocycles. The van der Waals surface area contributed by atoms with Crippen LogP contribution in [0.1, 0.15) is 53.9 Å². The third-order valence-corrected chi connectivity index (χ3v) is 5.39. The second kappa shape index (κ2) is 8.88. The minimum atomic E-state index is -0.611. The number of likely N-dealkylation sites (N-methyl/N-ethyl adjacent to an activating group) is 1. The summed E-state index contributed by atoms with van der Waals surface area (Å²) >= 11 is 5.89. The summed E-state index contributed by atoms with van der Waals surface area (Å²) in [6.45, 7) is 4.61. The van der Waals surface area contributed by atoms with Crippen molar-refractivity contribution in [1.82, 2.24) is 15.3 Å². The van der Waals surface area contributed by atoms with E-state index in [1.165, 1.54) is 5.56 Å². The number of rotatable bonds is 7. The van der Waals surface area contributed by atoms with Crippen molar-refractivity contribution >= 4 is 23.3 Å². The molecule has 2 N–H and O–H groups in total. The third kappa shape index (κ3) is 4.62. The van der Waals surface area contributed by atoms with E-state index in [1.807, 2.05) is 26.1 Å². The monoisotopic (exact) mass is 402 g/mol. The van der Waals surface area contributed by atoms with Crippen LogP contribution in [0, 0.1) is 0 Å². The van der Waals surface area contributed by atoms with E-state index < -0.39 is 6.10 Å². The maximum atomic E-state index is 12.9. The zero-order valence-corrected chi connectivity index (χ0v) is 17.3. The number of amides is 1. The topological polar surface area (TPSA) is 78.4 Å². The van der Waals surface area contributed by atoms with E-state index in [1.54, 1.807) is 19.2 Å². The first-order valence-electron chi connectivity index (χ1n) is 9.72. The van der Waals surface area contributed by atoms with Crippen LogP contribution in [0.5, 0.6) is 0 Å². The lowest BCUT2D eigenvalue weighted by molar-refractivity contribution is 0.0844. The molecule has 0 fully saturated rings. The summed E-state index contributed by atoms with van der Waals surface area (Å²) in [7, 11) is 1.99. The molecule has 0 aliphatic carbocycles. The Morgan fingerprint density at radius 3 is 2.86 bits per heavy atom. The maximum Gasteiger partial charge on any atom is 0.270 e. The van der Waals surface area contributed by atoms with Gasteiger partial charge in [-0.3, -0.25) is 4.79 Å². The molecular formula is C21H27ClN4O2. The first kappa shape index (κ1) is 20.6. The summed E-state index contributed by atoms with van der Waals surface area (Å²) in [5.74, 6) is 0.603. The number of aromatic nitrogens is 2. The zero-order chi connectivity index (χ0) is 20.3. The molecule has 0 bridgehead atoms. The molecule has 3 rings (SSSR count). The van der Waals surface area contributed by atoms with Crippen molar-refractivity contribution in [1.29, 1.82) is 0 Å². The standard InChI is InChI=1S/C21H27ClN4O2/c1-4-5-17(13(2)27)25-21(28)18-11-15(10-14-6-7-19(22)23-12-14)16-8-9-26(3)20(16)24-18/h6-7,11-13,17,27H,4-5,8-10H2,1-3H3,(H,25,28). The van der Waals surface area contributed by atoms with E-state index in [0.29, 0.717) is 17.3 Å². The van der Waals surface area contributed by atoms with E-state index in [2.05, 4.69) is 20.2 Å². The lowest BCUT2D eigenvalue weighted by Gasteiger charge is -2.21. The van der Waals surface area contributed by atoms with E-state index >= 15 is 0 Å². The van der Waals surface area contributed by atoms with Crippen LogP contribution in [0.4, 0.5) is 5.82 Å². The Bertz CT molecular complexity index is 839. The molecule has 150 valence electrons. The number of carbonyl (C=O) groups is 1. The lowest BCUT2D eigenvalue weighted by Crippen LogP contribution is -2.42. The Kier molecular flexibility index (Phi) is 6.52. The van der Waals surface area contributed by atoms with Crippen LogP contribution in [-0.2, 0) is 12.8 Å². The van der Waals surface area contributed by atoms with Crippen LogP contribution >= 0.6 is 11.6 Å². The number of nitrogens with zero attached hydrogens (tertiary/aromatic N) is 3. The second-order valence-corrected chi connectivity index (χ2v) is 7.80. The molecule has 0 saturated heterocycles. The van der Waals surface area contributed by atoms with Gasteiger partial charge in [-0.15, -0.1) is 0 Å². The summed E-state index contributed by atoms with van der Waals surface area (Å²) in [6, 6.07) is 5.31. The van der Waals surface area contributed by atoms with Gasteiger partial charge in [0.15, 0.2) is 0 Å². The highest BCUT2D eigenvalue weighted by atomic mass is 35.5. The number of halogens is 1. The number of aliphatic hydroxyl groups is 1. The normalized spacial score (nSPS) is 15.2. The smallest absolute Gasteiger partial charge is 0.270 e. The summed E-state index contributed by atoms with van der Waals surface area (Å²) in [5, 5.41) is 13.3. The minimum absolute atomic E-state index is 0.252. The molecule has 0 saturated carbocycles. The van der Waals surface area contributed by atoms with Gasteiger partial charge in [-0.05, 0) is 49.4 Å². The zero-order valence-electron chi connectivity index (χ0n) is 16.6. The van der Waals surface area contributed by atoms with Crippen LogP contribution in [0.2, 0.25) is 5.15 Å². The minimum Gasteiger partial charge on any atom is -0.391 e. The van der Waals surface area contributed by atoms with Gasteiger partial charge in [0.1, 0.15) is 16.7 Å². The molecule has 28 heavy (non-hydrogen) atoms. The molecule has 1 aliphatic rings.